The monoisotopic (exact) mass is 421 g/mol. The molecule has 0 amide bonds. The van der Waals surface area contributed by atoms with Crippen molar-refractivity contribution < 1.29 is 4.74 Å². The van der Waals surface area contributed by atoms with E-state index in [1.54, 1.807) is 30.3 Å². The number of benzene rings is 1. The van der Waals surface area contributed by atoms with Crippen LogP contribution < -0.4 is 10.5 Å². The molecule has 1 aromatic carbocycles. The average molecular weight is 423 g/mol. The fraction of sp³-hybridized carbons (Fsp3) is 0.111. The molecule has 2 heterocycles. The van der Waals surface area contributed by atoms with Crippen molar-refractivity contribution in [3.8, 4) is 5.75 Å². The van der Waals surface area contributed by atoms with Gasteiger partial charge in [0, 0.05) is 29.2 Å². The molecule has 6 nitrogen and oxygen atoms in total. The fourth-order valence-corrected chi connectivity index (χ4v) is 3.26. The van der Waals surface area contributed by atoms with Crippen LogP contribution in [0.15, 0.2) is 42.7 Å². The molecule has 138 valence electrons. The molecule has 3 N–H and O–H groups in total. The van der Waals surface area contributed by atoms with E-state index in [2.05, 4.69) is 15.2 Å². The zero-order valence-electron chi connectivity index (χ0n) is 14.1. The van der Waals surface area contributed by atoms with Crippen LogP contribution in [0.1, 0.15) is 29.8 Å². The maximum Gasteiger partial charge on any atom is 0.151 e. The molecule has 0 unspecified atom stereocenters. The molecule has 0 radical (unpaired) electrons. The Bertz CT molecular complexity index is 975. The van der Waals surface area contributed by atoms with E-state index in [4.69, 9.17) is 50.7 Å². The molecule has 3 aromatic rings. The molecule has 0 aliphatic rings. The number of aromatic nitrogens is 3. The van der Waals surface area contributed by atoms with Crippen LogP contribution in [0.3, 0.4) is 0 Å². The molecule has 0 bridgehead atoms. The van der Waals surface area contributed by atoms with Gasteiger partial charge in [-0.3, -0.25) is 10.4 Å². The Morgan fingerprint density at radius 2 is 1.78 bits per heavy atom. The highest BCUT2D eigenvalue weighted by molar-refractivity contribution is 6.35. The van der Waals surface area contributed by atoms with Crippen LogP contribution in [-0.2, 0) is 0 Å². The molecule has 0 aliphatic heterocycles. The smallest absolute Gasteiger partial charge is 0.151 e. The van der Waals surface area contributed by atoms with Gasteiger partial charge in [-0.1, -0.05) is 34.8 Å². The third-order valence-corrected chi connectivity index (χ3v) is 4.60. The predicted molar refractivity (Wildman–Crippen MR) is 107 cm³/mol. The number of nitrogens with zero attached hydrogens (tertiary/aromatic N) is 3. The standard InChI is InChI=1S/C18H14Cl3N5O/c1-9(17-12(19)7-24-8-13(17)20)27-10-2-3-14(22)11(6-10)18(23)15-4-5-16(21)26-25-15/h2-9,23H,22H2,1H3/t9-/m1/s1. The zero-order chi connectivity index (χ0) is 19.6. The molecular weight excluding hydrogens is 409 g/mol. The van der Waals surface area contributed by atoms with E-state index in [0.29, 0.717) is 38.3 Å². The van der Waals surface area contributed by atoms with Gasteiger partial charge in [0.2, 0.25) is 0 Å². The number of halogens is 3. The number of nitrogens with two attached hydrogens (primary N) is 1. The number of ether oxygens (including phenoxy) is 1. The molecule has 0 spiro atoms. The summed E-state index contributed by atoms with van der Waals surface area (Å²) in [5.41, 5.74) is 7.98. The van der Waals surface area contributed by atoms with Gasteiger partial charge in [-0.2, -0.15) is 0 Å². The maximum atomic E-state index is 8.36. The molecular formula is C18H14Cl3N5O. The summed E-state index contributed by atoms with van der Waals surface area (Å²) in [6, 6.07) is 8.19. The van der Waals surface area contributed by atoms with Gasteiger partial charge in [-0.25, -0.2) is 0 Å². The van der Waals surface area contributed by atoms with Crippen molar-refractivity contribution in [2.24, 2.45) is 0 Å². The first-order valence-electron chi connectivity index (χ1n) is 7.80. The molecule has 0 fully saturated rings. The summed E-state index contributed by atoms with van der Waals surface area (Å²) in [5, 5.41) is 17.1. The minimum atomic E-state index is -0.436. The van der Waals surface area contributed by atoms with Crippen molar-refractivity contribution in [2.75, 3.05) is 5.73 Å². The Kier molecular flexibility index (Phi) is 5.79. The van der Waals surface area contributed by atoms with Gasteiger partial charge >= 0.3 is 0 Å². The summed E-state index contributed by atoms with van der Waals surface area (Å²) >= 11 is 18.1. The van der Waals surface area contributed by atoms with Gasteiger partial charge in [0.15, 0.2) is 5.15 Å². The van der Waals surface area contributed by atoms with Gasteiger partial charge < -0.3 is 10.5 Å². The second kappa shape index (κ2) is 8.08. The summed E-state index contributed by atoms with van der Waals surface area (Å²) in [6.45, 7) is 1.82. The first kappa shape index (κ1) is 19.4. The van der Waals surface area contributed by atoms with Crippen LogP contribution in [-0.4, -0.2) is 20.9 Å². The second-order valence-corrected chi connectivity index (χ2v) is 6.84. The van der Waals surface area contributed by atoms with E-state index in [1.165, 1.54) is 12.4 Å². The van der Waals surface area contributed by atoms with Crippen molar-refractivity contribution in [1.29, 1.82) is 5.41 Å². The summed E-state index contributed by atoms with van der Waals surface area (Å²) in [4.78, 5) is 3.94. The lowest BCUT2D eigenvalue weighted by Gasteiger charge is -2.18. The molecule has 0 saturated carbocycles. The van der Waals surface area contributed by atoms with Gasteiger partial charge in [-0.15, -0.1) is 10.2 Å². The van der Waals surface area contributed by atoms with Gasteiger partial charge in [0.1, 0.15) is 17.5 Å². The van der Waals surface area contributed by atoms with E-state index >= 15 is 0 Å². The second-order valence-electron chi connectivity index (χ2n) is 5.64. The Morgan fingerprint density at radius 1 is 1.07 bits per heavy atom. The third kappa shape index (κ3) is 4.30. The molecule has 2 aromatic heterocycles. The lowest BCUT2D eigenvalue weighted by molar-refractivity contribution is 0.227. The minimum Gasteiger partial charge on any atom is -0.486 e. The lowest BCUT2D eigenvalue weighted by Crippen LogP contribution is -2.10. The van der Waals surface area contributed by atoms with Crippen molar-refractivity contribution in [3.63, 3.8) is 0 Å². The normalized spacial score (nSPS) is 11.9. The number of nitrogen functional groups attached to an aromatic ring is 1. The Balaban J connectivity index is 1.89. The van der Waals surface area contributed by atoms with Crippen LogP contribution in [0, 0.1) is 5.41 Å². The van der Waals surface area contributed by atoms with Gasteiger partial charge in [0.05, 0.1) is 15.8 Å². The highest BCUT2D eigenvalue weighted by Gasteiger charge is 2.17. The van der Waals surface area contributed by atoms with Gasteiger partial charge in [-0.05, 0) is 37.3 Å². The number of rotatable bonds is 5. The summed E-state index contributed by atoms with van der Waals surface area (Å²) < 4.78 is 5.96. The van der Waals surface area contributed by atoms with Crippen LogP contribution in [0.25, 0.3) is 0 Å². The van der Waals surface area contributed by atoms with E-state index in [1.807, 2.05) is 6.92 Å². The minimum absolute atomic E-state index is 0.106. The lowest BCUT2D eigenvalue weighted by atomic mass is 10.0. The average Bonchev–Trinajstić information content (AvgIpc) is 2.63. The fourth-order valence-electron chi connectivity index (χ4n) is 2.49. The summed E-state index contributed by atoms with van der Waals surface area (Å²) in [6.07, 6.45) is 2.58. The molecule has 27 heavy (non-hydrogen) atoms. The number of nitrogens with one attached hydrogen (secondary N) is 1. The largest absolute Gasteiger partial charge is 0.486 e. The summed E-state index contributed by atoms with van der Waals surface area (Å²) in [5.74, 6) is 0.502. The molecule has 9 heteroatoms. The summed E-state index contributed by atoms with van der Waals surface area (Å²) in [7, 11) is 0. The first-order valence-corrected chi connectivity index (χ1v) is 8.94. The van der Waals surface area contributed by atoms with E-state index in [0.717, 1.165) is 0 Å². The van der Waals surface area contributed by atoms with Crippen LogP contribution in [0.4, 0.5) is 5.69 Å². The highest BCUT2D eigenvalue weighted by Crippen LogP contribution is 2.33. The highest BCUT2D eigenvalue weighted by atomic mass is 35.5. The van der Waals surface area contributed by atoms with E-state index in [9.17, 15) is 0 Å². The Hall–Kier alpha value is -2.41. The van der Waals surface area contributed by atoms with Gasteiger partial charge in [0.25, 0.3) is 0 Å². The topological polar surface area (TPSA) is 97.8 Å². The van der Waals surface area contributed by atoms with Crippen molar-refractivity contribution in [3.05, 3.63) is 74.7 Å². The third-order valence-electron chi connectivity index (χ3n) is 3.79. The predicted octanol–water partition coefficient (Wildman–Crippen LogP) is 4.97. The van der Waals surface area contributed by atoms with Crippen molar-refractivity contribution in [1.82, 2.24) is 15.2 Å². The van der Waals surface area contributed by atoms with Crippen molar-refractivity contribution >= 4 is 46.2 Å². The maximum absolute atomic E-state index is 8.36. The molecule has 1 atom stereocenters. The number of anilines is 1. The SMILES string of the molecule is C[C@@H](Oc1ccc(N)c(C(=N)c2ccc(Cl)nn2)c1)c1c(Cl)cncc1Cl. The first-order chi connectivity index (χ1) is 12.9. The van der Waals surface area contributed by atoms with E-state index in [-0.39, 0.29) is 10.9 Å². The number of hydrogen-bond donors (Lipinski definition) is 2. The number of hydrogen-bond acceptors (Lipinski definition) is 6. The van der Waals surface area contributed by atoms with Crippen molar-refractivity contribution in [2.45, 2.75) is 13.0 Å². The molecule has 0 saturated heterocycles. The Morgan fingerprint density at radius 3 is 2.41 bits per heavy atom. The van der Waals surface area contributed by atoms with E-state index < -0.39 is 6.10 Å². The zero-order valence-corrected chi connectivity index (χ0v) is 16.3. The quantitative estimate of drug-likeness (QED) is 0.447. The van der Waals surface area contributed by atoms with Crippen LogP contribution in [0.2, 0.25) is 15.2 Å². The Labute approximate surface area is 170 Å². The molecule has 3 rings (SSSR count). The number of pyridine rings is 1. The van der Waals surface area contributed by atoms with Crippen LogP contribution in [0.5, 0.6) is 5.75 Å². The molecule has 0 aliphatic carbocycles. The van der Waals surface area contributed by atoms with Crippen LogP contribution >= 0.6 is 34.8 Å².